The number of guanidine groups is 1. The van der Waals surface area contributed by atoms with E-state index in [1.165, 1.54) is 0 Å². The van der Waals surface area contributed by atoms with Crippen LogP contribution in [0.1, 0.15) is 83.1 Å². The molecule has 0 radical (unpaired) electrons. The highest BCUT2D eigenvalue weighted by Crippen LogP contribution is 2.45. The van der Waals surface area contributed by atoms with E-state index in [4.69, 9.17) is 23.4 Å². The third-order valence-electron chi connectivity index (χ3n) is 12.2. The molecule has 1 saturated heterocycles. The number of nitrogens with zero attached hydrogens (tertiary/aromatic N) is 2. The predicted octanol–water partition coefficient (Wildman–Crippen LogP) is 7.92. The van der Waals surface area contributed by atoms with Gasteiger partial charge in [-0.15, -0.1) is 0 Å². The largest absolute Gasteiger partial charge is 0.465 e. The third-order valence-corrected chi connectivity index (χ3v) is 30.3. The molecule has 0 aromatic carbocycles. The molecule has 0 aliphatic carbocycles. The van der Waals surface area contributed by atoms with E-state index in [1.807, 2.05) is 0 Å². The molecule has 0 aromatic heterocycles. The number of aliphatic imine (C=N–C) groups is 1. The molecule has 2 amide bonds. The van der Waals surface area contributed by atoms with Gasteiger partial charge in [0.25, 0.3) is 5.91 Å². The van der Waals surface area contributed by atoms with E-state index in [1.54, 1.807) is 0 Å². The van der Waals surface area contributed by atoms with Crippen molar-refractivity contribution < 1.29 is 32.7 Å². The smallest absolute Gasteiger partial charge is 0.411 e. The summed E-state index contributed by atoms with van der Waals surface area (Å²) in [6.07, 6.45) is -6.33. The maximum atomic E-state index is 13.4. The monoisotopic (exact) mass is 773 g/mol. The van der Waals surface area contributed by atoms with Gasteiger partial charge in [0.2, 0.25) is 0 Å². The Morgan fingerprint density at radius 3 is 1.66 bits per heavy atom. The van der Waals surface area contributed by atoms with Gasteiger partial charge in [-0.25, -0.2) is 9.79 Å². The molecular formula is C34H71N5O7Si4. The molecule has 50 heavy (non-hydrogen) atoms. The van der Waals surface area contributed by atoms with Gasteiger partial charge in [0, 0.05) is 0 Å². The molecule has 12 nitrogen and oxygen atoms in total. The fourth-order valence-corrected chi connectivity index (χ4v) is 9.20. The molecule has 2 aliphatic rings. The number of rotatable bonds is 10. The molecular weight excluding hydrogens is 703 g/mol. The van der Waals surface area contributed by atoms with Crippen molar-refractivity contribution in [2.24, 2.45) is 4.99 Å². The zero-order chi connectivity index (χ0) is 39.4. The van der Waals surface area contributed by atoms with Gasteiger partial charge in [-0.05, 0) is 59.4 Å². The van der Waals surface area contributed by atoms with Crippen LogP contribution in [0.4, 0.5) is 4.79 Å². The van der Waals surface area contributed by atoms with E-state index in [2.05, 4.69) is 151 Å². The average molecular weight is 774 g/mol. The average Bonchev–Trinajstić information content (AvgIpc) is 3.17. The Morgan fingerprint density at radius 1 is 0.820 bits per heavy atom. The molecule has 290 valence electrons. The van der Waals surface area contributed by atoms with Crippen molar-refractivity contribution >= 4 is 56.9 Å². The number of hydrogen-bond donors (Lipinski definition) is 4. The molecule has 0 saturated carbocycles. The van der Waals surface area contributed by atoms with E-state index < -0.39 is 81.6 Å². The normalized spacial score (nSPS) is 25.0. The number of hydrogen-bond acceptors (Lipinski definition) is 9. The number of carbonyl (C=O) groups is 2. The van der Waals surface area contributed by atoms with Crippen LogP contribution < -0.4 is 10.3 Å². The predicted molar refractivity (Wildman–Crippen MR) is 213 cm³/mol. The first kappa shape index (κ1) is 44.7. The summed E-state index contributed by atoms with van der Waals surface area (Å²) in [5, 5.41) is 21.9. The summed E-state index contributed by atoms with van der Waals surface area (Å²) in [4.78, 5) is 35.8. The third kappa shape index (κ3) is 9.76. The lowest BCUT2D eigenvalue weighted by molar-refractivity contribution is -0.115. The van der Waals surface area contributed by atoms with Crippen molar-refractivity contribution in [2.45, 2.75) is 186 Å². The van der Waals surface area contributed by atoms with Crippen LogP contribution in [-0.4, -0.2) is 104 Å². The van der Waals surface area contributed by atoms with Crippen LogP contribution in [0.15, 0.2) is 4.99 Å². The Kier molecular flexibility index (Phi) is 12.9. The lowest BCUT2D eigenvalue weighted by Crippen LogP contribution is -2.65. The molecule has 0 aromatic rings. The molecule has 1 unspecified atom stereocenters. The van der Waals surface area contributed by atoms with Crippen LogP contribution in [-0.2, 0) is 22.8 Å². The first-order valence-electron chi connectivity index (χ1n) is 17.9. The summed E-state index contributed by atoms with van der Waals surface area (Å²) < 4.78 is 27.8. The second-order valence-corrected chi connectivity index (χ2v) is 39.6. The van der Waals surface area contributed by atoms with Gasteiger partial charge < -0.3 is 28.1 Å². The number of carbonyl (C=O) groups excluding carboxylic acids is 1. The second-order valence-electron chi connectivity index (χ2n) is 20.2. The fraction of sp³-hybridized carbons (Fsp3) is 0.882. The van der Waals surface area contributed by atoms with Crippen LogP contribution in [0.3, 0.4) is 0 Å². The molecule has 2 aliphatic heterocycles. The molecule has 2 rings (SSSR count). The minimum Gasteiger partial charge on any atom is -0.465 e. The lowest BCUT2D eigenvalue weighted by Gasteiger charge is -2.45. The highest BCUT2D eigenvalue weighted by atomic mass is 28.4. The topological polar surface area (TPSA) is 155 Å². The maximum absolute atomic E-state index is 13.4. The minimum atomic E-state index is -2.59. The molecule has 5 atom stereocenters. The molecule has 4 N–H and O–H groups in total. The first-order valence-corrected chi connectivity index (χ1v) is 29.6. The maximum Gasteiger partial charge on any atom is 0.411 e. The summed E-state index contributed by atoms with van der Waals surface area (Å²) >= 11 is 0. The van der Waals surface area contributed by atoms with Crippen molar-refractivity contribution in [2.75, 3.05) is 6.61 Å². The van der Waals surface area contributed by atoms with E-state index in [9.17, 15) is 14.7 Å². The van der Waals surface area contributed by atoms with Gasteiger partial charge in [0.15, 0.2) is 51.5 Å². The Labute approximate surface area is 307 Å². The first-order chi connectivity index (χ1) is 22.0. The zero-order valence-electron chi connectivity index (χ0n) is 34.9. The fourth-order valence-electron chi connectivity index (χ4n) is 4.49. The van der Waals surface area contributed by atoms with Crippen molar-refractivity contribution in [3.05, 3.63) is 0 Å². The van der Waals surface area contributed by atoms with E-state index in [0.29, 0.717) is 0 Å². The van der Waals surface area contributed by atoms with Crippen LogP contribution in [0, 0.1) is 5.41 Å². The number of amides is 2. The molecule has 0 bridgehead atoms. The number of ether oxygens (including phenoxy) is 1. The zero-order valence-corrected chi connectivity index (χ0v) is 38.9. The summed E-state index contributed by atoms with van der Waals surface area (Å²) in [6, 6.07) is 0. The van der Waals surface area contributed by atoms with Crippen LogP contribution in [0.25, 0.3) is 0 Å². The molecule has 16 heteroatoms. The van der Waals surface area contributed by atoms with Gasteiger partial charge in [-0.1, -0.05) is 96.2 Å². The van der Waals surface area contributed by atoms with E-state index in [0.717, 1.165) is 4.90 Å². The van der Waals surface area contributed by atoms with Crippen molar-refractivity contribution in [3.63, 3.8) is 0 Å². The van der Waals surface area contributed by atoms with Crippen LogP contribution >= 0.6 is 0 Å². The second kappa shape index (κ2) is 14.4. The highest BCUT2D eigenvalue weighted by Gasteiger charge is 2.58. The van der Waals surface area contributed by atoms with E-state index in [-0.39, 0.29) is 32.7 Å². The standard InChI is InChI=1S/C34H71N5O7Si4/c1-31(2,3)47(13,14)38-29-36-26(23(35)27(40)37-29)39(30(41)42)28-25(46-50(19,20)34(10,11)12)24(45-49(17,18)33(7,8)9)22(44-28)21-43-48(15,16)32(4,5)6/h22,24-26,28,35H,21H2,1-20H3,(H,41,42)(H2,36,37,38,40)/t22-,24-,25-,26?,28-/m1/s1. The van der Waals surface area contributed by atoms with Crippen LogP contribution in [0.5, 0.6) is 0 Å². The summed E-state index contributed by atoms with van der Waals surface area (Å²) in [6.45, 7) is 43.0. The van der Waals surface area contributed by atoms with E-state index >= 15 is 0 Å². The molecule has 2 heterocycles. The lowest BCUT2D eigenvalue weighted by atomic mass is 10.1. The van der Waals surface area contributed by atoms with Crippen molar-refractivity contribution in [1.82, 2.24) is 15.2 Å². The van der Waals surface area contributed by atoms with Gasteiger partial charge >= 0.3 is 6.09 Å². The summed E-state index contributed by atoms with van der Waals surface area (Å²) in [5.74, 6) is -0.565. The van der Waals surface area contributed by atoms with Crippen molar-refractivity contribution in [1.29, 1.82) is 5.41 Å². The van der Waals surface area contributed by atoms with Crippen molar-refractivity contribution in [3.8, 4) is 0 Å². The van der Waals surface area contributed by atoms with Gasteiger partial charge in [-0.2, -0.15) is 0 Å². The van der Waals surface area contributed by atoms with Gasteiger partial charge in [-0.3, -0.25) is 20.4 Å². The quantitative estimate of drug-likeness (QED) is 0.163. The number of nitrogens with one attached hydrogen (secondary N) is 3. The van der Waals surface area contributed by atoms with Crippen LogP contribution in [0.2, 0.25) is 72.5 Å². The Hall–Kier alpha value is -1.41. The molecule has 0 spiro atoms. The molecule has 1 fully saturated rings. The Bertz CT molecular complexity index is 1310. The van der Waals surface area contributed by atoms with Gasteiger partial charge in [0.05, 0.1) is 6.61 Å². The minimum absolute atomic E-state index is 0.0717. The number of carboxylic acid groups (broad SMARTS) is 1. The summed E-state index contributed by atoms with van der Waals surface area (Å²) in [5.41, 5.74) is -0.495. The summed E-state index contributed by atoms with van der Waals surface area (Å²) in [7, 11) is -9.61. The highest BCUT2D eigenvalue weighted by molar-refractivity contribution is 6.80. The SMILES string of the molecule is CC(C)(C)[Si](C)(C)NC1=NC(N(C(=O)O)[C@@H]2O[C@H](CO[Si](C)(C)C(C)(C)C)[C@@H](O[Si](C)(C)C(C)(C)C)[C@H]2O[Si](C)(C)C(C)(C)C)C(=N)C(=O)N1. The Morgan fingerprint density at radius 2 is 1.26 bits per heavy atom. The van der Waals surface area contributed by atoms with Gasteiger partial charge in [0.1, 0.15) is 24.0 Å². The Balaban J connectivity index is 2.84.